The van der Waals surface area contributed by atoms with Crippen molar-refractivity contribution in [1.29, 1.82) is 0 Å². The summed E-state index contributed by atoms with van der Waals surface area (Å²) in [5.41, 5.74) is -1.73. The van der Waals surface area contributed by atoms with Gasteiger partial charge >= 0.3 is 18.3 Å². The first-order valence-electron chi connectivity index (χ1n) is 12.3. The van der Waals surface area contributed by atoms with Gasteiger partial charge in [0.05, 0.1) is 17.5 Å². The van der Waals surface area contributed by atoms with Gasteiger partial charge in [0.1, 0.15) is 5.75 Å². The summed E-state index contributed by atoms with van der Waals surface area (Å²) < 4.78 is 91.2. The highest BCUT2D eigenvalue weighted by Crippen LogP contribution is 2.49. The van der Waals surface area contributed by atoms with E-state index in [1.807, 2.05) is 0 Å². The van der Waals surface area contributed by atoms with Crippen LogP contribution in [0.5, 0.6) is 5.75 Å². The number of amides is 2. The maximum Gasteiger partial charge on any atom is 0.471 e. The van der Waals surface area contributed by atoms with Gasteiger partial charge in [-0.15, -0.1) is 0 Å². The molecule has 2 aliphatic heterocycles. The van der Waals surface area contributed by atoms with Gasteiger partial charge in [0.25, 0.3) is 0 Å². The van der Waals surface area contributed by atoms with Crippen LogP contribution in [-0.4, -0.2) is 59.8 Å². The zero-order valence-corrected chi connectivity index (χ0v) is 20.6. The molecule has 0 aromatic heterocycles. The summed E-state index contributed by atoms with van der Waals surface area (Å²) in [6.07, 6.45) is -8.55. The molecule has 12 heteroatoms. The molecule has 206 valence electrons. The van der Waals surface area contributed by atoms with Crippen molar-refractivity contribution in [2.75, 3.05) is 19.9 Å². The fourth-order valence-electron chi connectivity index (χ4n) is 5.86. The molecular weight excluding hydrogens is 506 g/mol. The van der Waals surface area contributed by atoms with Gasteiger partial charge in [-0.1, -0.05) is 13.8 Å². The molecule has 3 aliphatic rings. The lowest BCUT2D eigenvalue weighted by molar-refractivity contribution is -0.192. The van der Waals surface area contributed by atoms with Crippen LogP contribution < -0.4 is 4.74 Å². The molecule has 2 atom stereocenters. The Kier molecular flexibility index (Phi) is 7.44. The van der Waals surface area contributed by atoms with E-state index in [1.54, 1.807) is 13.8 Å². The summed E-state index contributed by atoms with van der Waals surface area (Å²) in [5, 5.41) is 0. The molecule has 2 fully saturated rings. The van der Waals surface area contributed by atoms with Crippen molar-refractivity contribution in [3.8, 4) is 5.75 Å². The van der Waals surface area contributed by atoms with Crippen LogP contribution in [0, 0.1) is 11.3 Å². The molecule has 37 heavy (non-hydrogen) atoms. The van der Waals surface area contributed by atoms with Crippen molar-refractivity contribution in [1.82, 2.24) is 9.80 Å². The van der Waals surface area contributed by atoms with Crippen LogP contribution in [0.2, 0.25) is 0 Å². The predicted molar refractivity (Wildman–Crippen MR) is 119 cm³/mol. The van der Waals surface area contributed by atoms with Crippen LogP contribution in [0.15, 0.2) is 18.2 Å². The van der Waals surface area contributed by atoms with E-state index < -0.39 is 41.3 Å². The Hall–Kier alpha value is -2.50. The van der Waals surface area contributed by atoms with Gasteiger partial charge in [-0.3, -0.25) is 9.59 Å². The van der Waals surface area contributed by atoms with Gasteiger partial charge in [-0.2, -0.15) is 26.3 Å². The summed E-state index contributed by atoms with van der Waals surface area (Å²) >= 11 is 0. The highest BCUT2D eigenvalue weighted by molar-refractivity contribution is 5.85. The zero-order valence-electron chi connectivity index (χ0n) is 20.6. The summed E-state index contributed by atoms with van der Waals surface area (Å²) in [6.45, 7) is 3.80. The number of nitrogens with zero attached hydrogens (tertiary/aromatic N) is 2. The molecule has 6 nitrogen and oxygen atoms in total. The lowest BCUT2D eigenvalue weighted by Crippen LogP contribution is -2.54. The number of benzene rings is 1. The monoisotopic (exact) mass is 536 g/mol. The molecular formula is C25H30F6N2O4. The van der Waals surface area contributed by atoms with Crippen molar-refractivity contribution in [2.24, 2.45) is 11.3 Å². The SMILES string of the molecule is CC(C)[C@]1(C(=O)N2COc3ccc(C(F)(F)F)cc3C2)CC[C@@H](N(C(=O)C(F)(F)F)C2CCOCC2)C1. The fraction of sp³-hybridized carbons (Fsp3) is 0.680. The van der Waals surface area contributed by atoms with Gasteiger partial charge in [-0.25, -0.2) is 0 Å². The standard InChI is InChI=1S/C25H30F6N2O4/c1-15(2)23(21(34)32-13-16-11-17(24(26,27)28)3-4-20(16)37-14-32)8-5-19(12-23)33(22(35)25(29,30)31)18-6-9-36-10-7-18/h3-4,11,15,18-19H,5-10,12-14H2,1-2H3/t19-,23+/m1/s1. The summed E-state index contributed by atoms with van der Waals surface area (Å²) in [5.74, 6) is -2.34. The van der Waals surface area contributed by atoms with Crippen LogP contribution >= 0.6 is 0 Å². The lowest BCUT2D eigenvalue weighted by atomic mass is 9.74. The second-order valence-corrected chi connectivity index (χ2v) is 10.4. The van der Waals surface area contributed by atoms with E-state index in [0.29, 0.717) is 0 Å². The molecule has 0 N–H and O–H groups in total. The highest BCUT2D eigenvalue weighted by Gasteiger charge is 2.55. The molecule has 0 spiro atoms. The van der Waals surface area contributed by atoms with Crippen molar-refractivity contribution >= 4 is 11.8 Å². The van der Waals surface area contributed by atoms with Crippen molar-refractivity contribution < 1.29 is 45.4 Å². The molecule has 2 amide bonds. The first kappa shape index (κ1) is 27.5. The minimum atomic E-state index is -5.05. The van der Waals surface area contributed by atoms with Crippen LogP contribution in [0.4, 0.5) is 26.3 Å². The van der Waals surface area contributed by atoms with Crippen LogP contribution in [0.3, 0.4) is 0 Å². The second-order valence-electron chi connectivity index (χ2n) is 10.4. The number of hydrogen-bond donors (Lipinski definition) is 0. The third kappa shape index (κ3) is 5.39. The minimum Gasteiger partial charge on any atom is -0.473 e. The molecule has 4 rings (SSSR count). The van der Waals surface area contributed by atoms with Gasteiger partial charge in [0.15, 0.2) is 6.73 Å². The van der Waals surface area contributed by atoms with Gasteiger partial charge in [0.2, 0.25) is 5.91 Å². The van der Waals surface area contributed by atoms with Gasteiger partial charge in [0, 0.05) is 30.9 Å². The molecule has 1 saturated heterocycles. The third-order valence-corrected chi connectivity index (χ3v) is 7.92. The molecule has 1 saturated carbocycles. The Morgan fingerprint density at radius 2 is 1.73 bits per heavy atom. The zero-order chi connectivity index (χ0) is 27.2. The predicted octanol–water partition coefficient (Wildman–Crippen LogP) is 5.15. The summed E-state index contributed by atoms with van der Waals surface area (Å²) in [7, 11) is 0. The van der Waals surface area contributed by atoms with Crippen molar-refractivity contribution in [3.05, 3.63) is 29.3 Å². The average Bonchev–Trinajstić information content (AvgIpc) is 3.29. The first-order chi connectivity index (χ1) is 17.2. The van der Waals surface area contributed by atoms with Crippen LogP contribution in [-0.2, 0) is 27.0 Å². The normalized spacial score (nSPS) is 25.1. The van der Waals surface area contributed by atoms with E-state index in [0.717, 1.165) is 17.0 Å². The van der Waals surface area contributed by atoms with Crippen molar-refractivity contribution in [3.63, 3.8) is 0 Å². The average molecular weight is 537 g/mol. The Morgan fingerprint density at radius 3 is 2.32 bits per heavy atom. The molecule has 0 bridgehead atoms. The first-order valence-corrected chi connectivity index (χ1v) is 12.3. The van der Waals surface area contributed by atoms with Gasteiger partial charge in [-0.05, 0) is 56.2 Å². The fourth-order valence-corrected chi connectivity index (χ4v) is 5.86. The quantitative estimate of drug-likeness (QED) is 0.500. The maximum atomic E-state index is 13.8. The summed E-state index contributed by atoms with van der Waals surface area (Å²) in [4.78, 5) is 28.6. The van der Waals surface area contributed by atoms with E-state index in [4.69, 9.17) is 9.47 Å². The smallest absolute Gasteiger partial charge is 0.471 e. The number of rotatable bonds is 4. The highest BCUT2D eigenvalue weighted by atomic mass is 19.4. The molecule has 1 aromatic carbocycles. The summed E-state index contributed by atoms with van der Waals surface area (Å²) in [6, 6.07) is 1.65. The van der Waals surface area contributed by atoms with E-state index in [1.165, 1.54) is 11.0 Å². The number of carbonyl (C=O) groups is 2. The van der Waals surface area contributed by atoms with E-state index >= 15 is 0 Å². The Labute approximate surface area is 210 Å². The molecule has 1 aliphatic carbocycles. The molecule has 1 aromatic rings. The lowest BCUT2D eigenvalue weighted by Gasteiger charge is -2.42. The minimum absolute atomic E-state index is 0.0363. The van der Waals surface area contributed by atoms with Crippen LogP contribution in [0.25, 0.3) is 0 Å². The van der Waals surface area contributed by atoms with Crippen LogP contribution in [0.1, 0.15) is 57.1 Å². The Balaban J connectivity index is 1.58. The Bertz CT molecular complexity index is 1020. The number of alkyl halides is 6. The number of halogens is 6. The Morgan fingerprint density at radius 1 is 1.05 bits per heavy atom. The molecule has 0 radical (unpaired) electrons. The molecule has 2 heterocycles. The number of hydrogen-bond acceptors (Lipinski definition) is 4. The van der Waals surface area contributed by atoms with E-state index in [2.05, 4.69) is 0 Å². The maximum absolute atomic E-state index is 13.8. The largest absolute Gasteiger partial charge is 0.473 e. The van der Waals surface area contributed by atoms with E-state index in [9.17, 15) is 35.9 Å². The van der Waals surface area contributed by atoms with Gasteiger partial charge < -0.3 is 19.3 Å². The number of carbonyl (C=O) groups excluding carboxylic acids is 2. The second kappa shape index (κ2) is 9.99. The third-order valence-electron chi connectivity index (χ3n) is 7.92. The number of fused-ring (bicyclic) bond motifs is 1. The number of ether oxygens (including phenoxy) is 2. The molecule has 0 unspecified atom stereocenters. The topological polar surface area (TPSA) is 59.1 Å². The van der Waals surface area contributed by atoms with E-state index in [-0.39, 0.29) is 81.7 Å². The van der Waals surface area contributed by atoms with Crippen molar-refractivity contribution in [2.45, 2.75) is 76.9 Å².